The topological polar surface area (TPSA) is 15.3 Å². The Balaban J connectivity index is 2.77. The van der Waals surface area contributed by atoms with Crippen molar-refractivity contribution in [2.24, 2.45) is 5.92 Å². The highest BCUT2D eigenvalue weighted by Crippen LogP contribution is 2.24. The van der Waals surface area contributed by atoms with Gasteiger partial charge in [-0.1, -0.05) is 57.5 Å². The van der Waals surface area contributed by atoms with Crippen LogP contribution in [0.3, 0.4) is 0 Å². The normalized spacial score (nSPS) is 16.3. The zero-order valence-electron chi connectivity index (χ0n) is 13.2. The number of likely N-dealkylation sites (N-methyl/N-ethyl adjacent to an activating group) is 2. The van der Waals surface area contributed by atoms with E-state index < -0.39 is 0 Å². The summed E-state index contributed by atoms with van der Waals surface area (Å²) in [7, 11) is 4.28. The second-order valence-corrected chi connectivity index (χ2v) is 6.17. The molecule has 1 N–H and O–H groups in total. The van der Waals surface area contributed by atoms with Crippen LogP contribution in [0, 0.1) is 5.92 Å². The van der Waals surface area contributed by atoms with Crippen molar-refractivity contribution in [1.29, 1.82) is 0 Å². The van der Waals surface area contributed by atoms with Gasteiger partial charge in [0.25, 0.3) is 0 Å². The standard InChI is InChI=1S/C17H30N2/c1-6-15(2)12-19(5)14-17(3,13-18-4)16-10-8-7-9-11-16/h7-11,15,18H,6,12-14H2,1-5H3. The van der Waals surface area contributed by atoms with Crippen LogP contribution in [0.25, 0.3) is 0 Å². The first-order valence-electron chi connectivity index (χ1n) is 7.40. The Hall–Kier alpha value is -0.860. The summed E-state index contributed by atoms with van der Waals surface area (Å²) in [5.41, 5.74) is 1.58. The zero-order valence-corrected chi connectivity index (χ0v) is 13.2. The molecule has 2 heteroatoms. The number of benzene rings is 1. The monoisotopic (exact) mass is 262 g/mol. The number of hydrogen-bond donors (Lipinski definition) is 1. The van der Waals surface area contributed by atoms with Gasteiger partial charge in [0.2, 0.25) is 0 Å². The van der Waals surface area contributed by atoms with Crippen LogP contribution in [-0.2, 0) is 5.41 Å². The molecule has 2 atom stereocenters. The molecule has 0 amide bonds. The lowest BCUT2D eigenvalue weighted by molar-refractivity contribution is 0.223. The average Bonchev–Trinajstić information content (AvgIpc) is 2.39. The third kappa shape index (κ3) is 4.96. The highest BCUT2D eigenvalue weighted by molar-refractivity contribution is 5.25. The van der Waals surface area contributed by atoms with Crippen molar-refractivity contribution in [2.75, 3.05) is 33.7 Å². The van der Waals surface area contributed by atoms with Crippen LogP contribution in [0.5, 0.6) is 0 Å². The van der Waals surface area contributed by atoms with Gasteiger partial charge in [0.05, 0.1) is 0 Å². The number of nitrogens with zero attached hydrogens (tertiary/aromatic N) is 1. The second-order valence-electron chi connectivity index (χ2n) is 6.17. The fourth-order valence-electron chi connectivity index (χ4n) is 2.80. The molecule has 0 fully saturated rings. The van der Waals surface area contributed by atoms with E-state index in [4.69, 9.17) is 0 Å². The van der Waals surface area contributed by atoms with E-state index >= 15 is 0 Å². The van der Waals surface area contributed by atoms with E-state index in [1.54, 1.807) is 0 Å². The molecule has 2 unspecified atom stereocenters. The van der Waals surface area contributed by atoms with Gasteiger partial charge in [0.1, 0.15) is 0 Å². The second kappa shape index (κ2) is 7.66. The van der Waals surface area contributed by atoms with Crippen molar-refractivity contribution in [1.82, 2.24) is 10.2 Å². The molecule has 1 rings (SSSR count). The molecule has 2 nitrogen and oxygen atoms in total. The predicted octanol–water partition coefficient (Wildman–Crippen LogP) is 3.14. The highest BCUT2D eigenvalue weighted by Gasteiger charge is 2.27. The van der Waals surface area contributed by atoms with E-state index in [0.717, 1.165) is 19.0 Å². The van der Waals surface area contributed by atoms with Crippen LogP contribution in [0.4, 0.5) is 0 Å². The van der Waals surface area contributed by atoms with E-state index in [2.05, 4.69) is 68.4 Å². The number of rotatable bonds is 8. The first kappa shape index (κ1) is 16.2. The minimum absolute atomic E-state index is 0.165. The predicted molar refractivity (Wildman–Crippen MR) is 84.7 cm³/mol. The van der Waals surface area contributed by atoms with E-state index in [0.29, 0.717) is 0 Å². The molecule has 19 heavy (non-hydrogen) atoms. The fraction of sp³-hybridized carbons (Fsp3) is 0.647. The first-order valence-corrected chi connectivity index (χ1v) is 7.40. The van der Waals surface area contributed by atoms with Gasteiger partial charge in [-0.25, -0.2) is 0 Å². The van der Waals surface area contributed by atoms with Crippen LogP contribution < -0.4 is 5.32 Å². The third-order valence-electron chi connectivity index (χ3n) is 3.98. The molecule has 0 spiro atoms. The highest BCUT2D eigenvalue weighted by atomic mass is 15.1. The molecule has 0 radical (unpaired) electrons. The lowest BCUT2D eigenvalue weighted by Gasteiger charge is -2.35. The summed E-state index contributed by atoms with van der Waals surface area (Å²) in [5, 5.41) is 3.35. The van der Waals surface area contributed by atoms with Crippen molar-refractivity contribution < 1.29 is 0 Å². The molecule has 0 saturated heterocycles. The maximum Gasteiger partial charge on any atom is 0.0176 e. The lowest BCUT2D eigenvalue weighted by Crippen LogP contribution is -2.44. The molecule has 0 aliphatic rings. The van der Waals surface area contributed by atoms with Gasteiger partial charge in [-0.2, -0.15) is 0 Å². The van der Waals surface area contributed by atoms with Crippen molar-refractivity contribution in [3.8, 4) is 0 Å². The third-order valence-corrected chi connectivity index (χ3v) is 3.98. The van der Waals surface area contributed by atoms with Crippen LogP contribution in [0.2, 0.25) is 0 Å². The Bertz CT molecular complexity index is 350. The fourth-order valence-corrected chi connectivity index (χ4v) is 2.80. The Morgan fingerprint density at radius 3 is 2.42 bits per heavy atom. The molecule has 0 saturated carbocycles. The Kier molecular flexibility index (Phi) is 6.53. The number of hydrogen-bond acceptors (Lipinski definition) is 2. The molecule has 0 aliphatic heterocycles. The zero-order chi connectivity index (χ0) is 14.3. The van der Waals surface area contributed by atoms with Crippen molar-refractivity contribution in [2.45, 2.75) is 32.6 Å². The minimum atomic E-state index is 0.165. The summed E-state index contributed by atoms with van der Waals surface area (Å²) in [5.74, 6) is 0.764. The lowest BCUT2D eigenvalue weighted by atomic mass is 9.81. The van der Waals surface area contributed by atoms with Crippen molar-refractivity contribution in [3.63, 3.8) is 0 Å². The maximum atomic E-state index is 3.35. The number of nitrogens with one attached hydrogen (secondary N) is 1. The Morgan fingerprint density at radius 2 is 1.89 bits per heavy atom. The molecule has 108 valence electrons. The van der Waals surface area contributed by atoms with Gasteiger partial charge in [0.15, 0.2) is 0 Å². The summed E-state index contributed by atoms with van der Waals surface area (Å²) in [6, 6.07) is 10.9. The summed E-state index contributed by atoms with van der Waals surface area (Å²) in [6.45, 7) is 10.2. The van der Waals surface area contributed by atoms with Gasteiger partial charge < -0.3 is 10.2 Å². The molecule has 0 heterocycles. The van der Waals surface area contributed by atoms with E-state index in [1.165, 1.54) is 18.5 Å². The van der Waals surface area contributed by atoms with Crippen LogP contribution in [-0.4, -0.2) is 38.6 Å². The molecule has 1 aromatic rings. The van der Waals surface area contributed by atoms with Gasteiger partial charge in [-0.15, -0.1) is 0 Å². The summed E-state index contributed by atoms with van der Waals surface area (Å²) in [4.78, 5) is 2.47. The molecule has 1 aromatic carbocycles. The maximum absolute atomic E-state index is 3.35. The van der Waals surface area contributed by atoms with Crippen LogP contribution >= 0.6 is 0 Å². The van der Waals surface area contributed by atoms with Crippen LogP contribution in [0.1, 0.15) is 32.8 Å². The molecular formula is C17H30N2. The van der Waals surface area contributed by atoms with Crippen LogP contribution in [0.15, 0.2) is 30.3 Å². The quantitative estimate of drug-likeness (QED) is 0.774. The largest absolute Gasteiger partial charge is 0.319 e. The summed E-state index contributed by atoms with van der Waals surface area (Å²) >= 11 is 0. The Labute approximate surface area is 119 Å². The summed E-state index contributed by atoms with van der Waals surface area (Å²) < 4.78 is 0. The average molecular weight is 262 g/mol. The molecule has 0 aliphatic carbocycles. The SMILES string of the molecule is CCC(C)CN(C)CC(C)(CNC)c1ccccc1. The smallest absolute Gasteiger partial charge is 0.0176 e. The molecule has 0 aromatic heterocycles. The molecule has 0 bridgehead atoms. The van der Waals surface area contributed by atoms with Gasteiger partial charge >= 0.3 is 0 Å². The Morgan fingerprint density at radius 1 is 1.26 bits per heavy atom. The van der Waals surface area contributed by atoms with Gasteiger partial charge in [-0.05, 0) is 25.6 Å². The van der Waals surface area contributed by atoms with Crippen molar-refractivity contribution >= 4 is 0 Å². The van der Waals surface area contributed by atoms with E-state index in [1.807, 2.05) is 7.05 Å². The van der Waals surface area contributed by atoms with E-state index in [-0.39, 0.29) is 5.41 Å². The molecular weight excluding hydrogens is 232 g/mol. The first-order chi connectivity index (χ1) is 9.01. The van der Waals surface area contributed by atoms with Gasteiger partial charge in [0, 0.05) is 25.0 Å². The van der Waals surface area contributed by atoms with E-state index in [9.17, 15) is 0 Å². The van der Waals surface area contributed by atoms with Gasteiger partial charge in [-0.3, -0.25) is 0 Å². The van der Waals surface area contributed by atoms with Crippen molar-refractivity contribution in [3.05, 3.63) is 35.9 Å². The summed E-state index contributed by atoms with van der Waals surface area (Å²) in [6.07, 6.45) is 1.25. The minimum Gasteiger partial charge on any atom is -0.319 e.